The number of alkyl halides is 3. The van der Waals surface area contributed by atoms with Crippen LogP contribution >= 0.6 is 0 Å². The van der Waals surface area contributed by atoms with Crippen LogP contribution in [0.5, 0.6) is 5.75 Å². The van der Waals surface area contributed by atoms with E-state index in [2.05, 4.69) is 9.46 Å². The summed E-state index contributed by atoms with van der Waals surface area (Å²) < 4.78 is 89.0. The largest absolute Gasteiger partial charge is 0.573 e. The van der Waals surface area contributed by atoms with Crippen molar-refractivity contribution in [3.05, 3.63) is 59.9 Å². The lowest BCUT2D eigenvalue weighted by Gasteiger charge is -2.42. The molecule has 0 saturated carbocycles. The Bertz CT molecular complexity index is 1140. The Labute approximate surface area is 201 Å². The van der Waals surface area contributed by atoms with Crippen molar-refractivity contribution >= 4 is 16.1 Å². The number of carbonyl (C=O) groups is 1. The van der Waals surface area contributed by atoms with Gasteiger partial charge in [-0.2, -0.15) is 0 Å². The molecule has 1 amide bonds. The summed E-state index contributed by atoms with van der Waals surface area (Å²) >= 11 is 0. The van der Waals surface area contributed by atoms with E-state index in [-0.39, 0.29) is 30.8 Å². The van der Waals surface area contributed by atoms with E-state index in [1.54, 1.807) is 20.8 Å². The number of piperidine rings is 1. The molecule has 1 aliphatic rings. The molecular weight excluding hydrogens is 492 g/mol. The third kappa shape index (κ3) is 7.07. The minimum atomic E-state index is -4.91. The number of hydrogen-bond donors (Lipinski definition) is 1. The van der Waals surface area contributed by atoms with E-state index in [1.165, 1.54) is 29.2 Å². The number of nitrogens with zero attached hydrogens (tertiary/aromatic N) is 1. The molecule has 1 saturated heterocycles. The summed E-state index contributed by atoms with van der Waals surface area (Å²) in [6.07, 6.45) is -5.13. The van der Waals surface area contributed by atoms with Gasteiger partial charge in [-0.1, -0.05) is 12.1 Å². The fourth-order valence-corrected chi connectivity index (χ4v) is 5.20. The zero-order valence-corrected chi connectivity index (χ0v) is 20.2. The summed E-state index contributed by atoms with van der Waals surface area (Å²) in [5.41, 5.74) is -1.40. The first-order valence-electron chi connectivity index (χ1n) is 10.7. The van der Waals surface area contributed by atoms with Crippen molar-refractivity contribution in [2.24, 2.45) is 0 Å². The van der Waals surface area contributed by atoms with Crippen LogP contribution < -0.4 is 9.46 Å². The van der Waals surface area contributed by atoms with Gasteiger partial charge in [0.15, 0.2) is 0 Å². The minimum Gasteiger partial charge on any atom is -0.444 e. The lowest BCUT2D eigenvalue weighted by molar-refractivity contribution is -0.274. The number of benzene rings is 2. The molecule has 1 heterocycles. The van der Waals surface area contributed by atoms with E-state index in [0.29, 0.717) is 5.56 Å². The number of ether oxygens (including phenoxy) is 2. The van der Waals surface area contributed by atoms with Crippen molar-refractivity contribution in [2.75, 3.05) is 13.1 Å². The predicted octanol–water partition coefficient (Wildman–Crippen LogP) is 4.93. The van der Waals surface area contributed by atoms with Gasteiger partial charge in [-0.05, 0) is 75.6 Å². The molecule has 0 bridgehead atoms. The van der Waals surface area contributed by atoms with Crippen LogP contribution in [0.3, 0.4) is 0 Å². The number of sulfonamides is 1. The molecule has 0 unspecified atom stereocenters. The highest BCUT2D eigenvalue weighted by molar-refractivity contribution is 7.89. The molecule has 0 radical (unpaired) electrons. The van der Waals surface area contributed by atoms with Gasteiger partial charge in [0.05, 0.1) is 10.4 Å². The molecule has 7 nitrogen and oxygen atoms in total. The van der Waals surface area contributed by atoms with Gasteiger partial charge in [0, 0.05) is 13.1 Å². The third-order valence-electron chi connectivity index (χ3n) is 5.36. The summed E-state index contributed by atoms with van der Waals surface area (Å²) in [4.78, 5) is 13.7. The van der Waals surface area contributed by atoms with E-state index in [1.807, 2.05) is 0 Å². The molecule has 0 aromatic heterocycles. The first-order valence-corrected chi connectivity index (χ1v) is 12.2. The van der Waals surface area contributed by atoms with Gasteiger partial charge in [0.25, 0.3) is 0 Å². The van der Waals surface area contributed by atoms with Crippen LogP contribution in [0.4, 0.5) is 22.4 Å². The predicted molar refractivity (Wildman–Crippen MR) is 119 cm³/mol. The van der Waals surface area contributed by atoms with E-state index in [9.17, 15) is 30.8 Å². The van der Waals surface area contributed by atoms with Crippen LogP contribution in [0.1, 0.15) is 39.2 Å². The Hall–Kier alpha value is -2.86. The fraction of sp³-hybridized carbons (Fsp3) is 0.435. The second-order valence-corrected chi connectivity index (χ2v) is 10.9. The Balaban J connectivity index is 1.86. The lowest BCUT2D eigenvalue weighted by atomic mass is 9.82. The number of halogens is 4. The second kappa shape index (κ2) is 9.65. The van der Waals surface area contributed by atoms with Crippen molar-refractivity contribution in [3.8, 4) is 5.75 Å². The fourth-order valence-electron chi connectivity index (χ4n) is 3.75. The summed E-state index contributed by atoms with van der Waals surface area (Å²) in [6, 6.07) is 9.12. The van der Waals surface area contributed by atoms with Gasteiger partial charge in [-0.25, -0.2) is 22.3 Å². The molecule has 0 aliphatic carbocycles. The molecule has 1 aliphatic heterocycles. The quantitative estimate of drug-likeness (QED) is 0.568. The molecule has 35 heavy (non-hydrogen) atoms. The topological polar surface area (TPSA) is 84.9 Å². The average molecular weight is 519 g/mol. The van der Waals surface area contributed by atoms with E-state index in [0.717, 1.165) is 24.3 Å². The Kier molecular flexibility index (Phi) is 7.37. The molecule has 3 rings (SSSR count). The van der Waals surface area contributed by atoms with Crippen molar-refractivity contribution in [2.45, 2.75) is 56.0 Å². The van der Waals surface area contributed by atoms with Gasteiger partial charge in [0.1, 0.15) is 17.2 Å². The molecule has 2 aromatic carbocycles. The maximum atomic E-state index is 13.6. The zero-order chi connectivity index (χ0) is 26.1. The highest BCUT2D eigenvalue weighted by Gasteiger charge is 2.42. The molecule has 0 atom stereocenters. The van der Waals surface area contributed by atoms with Crippen molar-refractivity contribution in [1.82, 2.24) is 9.62 Å². The molecule has 192 valence electrons. The maximum Gasteiger partial charge on any atom is 0.573 e. The SMILES string of the molecule is CC(C)(C)OC(=O)N1CCC(NS(=O)(=O)c2ccc(OC(F)(F)F)cc2)(c2ccc(F)cc2)CC1. The number of likely N-dealkylation sites (tertiary alicyclic amines) is 1. The summed E-state index contributed by atoms with van der Waals surface area (Å²) in [5.74, 6) is -1.06. The average Bonchev–Trinajstić information content (AvgIpc) is 2.72. The van der Waals surface area contributed by atoms with Crippen LogP contribution in [0.15, 0.2) is 53.4 Å². The number of hydrogen-bond acceptors (Lipinski definition) is 5. The van der Waals surface area contributed by atoms with Crippen LogP contribution in [0.25, 0.3) is 0 Å². The van der Waals surface area contributed by atoms with E-state index in [4.69, 9.17) is 4.74 Å². The molecular formula is C23H26F4N2O5S. The van der Waals surface area contributed by atoms with Crippen molar-refractivity contribution in [1.29, 1.82) is 0 Å². The first-order chi connectivity index (χ1) is 16.1. The highest BCUT2D eigenvalue weighted by atomic mass is 32.2. The standard InChI is InChI=1S/C23H26F4N2O5S/c1-21(2,3)34-20(30)29-14-12-22(13-15-29,16-4-6-17(24)7-5-16)28-35(31,32)19-10-8-18(9-11-19)33-23(25,26)27/h4-11,28H,12-15H2,1-3H3. The molecule has 1 fully saturated rings. The number of amides is 1. The molecule has 0 spiro atoms. The Morgan fingerprint density at radius 2 is 1.51 bits per heavy atom. The van der Waals surface area contributed by atoms with Gasteiger partial charge in [-0.15, -0.1) is 13.2 Å². The van der Waals surface area contributed by atoms with Crippen LogP contribution in [-0.2, 0) is 20.3 Å². The Morgan fingerprint density at radius 3 is 2.00 bits per heavy atom. The highest BCUT2D eigenvalue weighted by Crippen LogP contribution is 2.36. The first kappa shape index (κ1) is 26.7. The monoisotopic (exact) mass is 518 g/mol. The summed E-state index contributed by atoms with van der Waals surface area (Å²) in [5, 5.41) is 0. The maximum absolute atomic E-state index is 13.6. The smallest absolute Gasteiger partial charge is 0.444 e. The van der Waals surface area contributed by atoms with Gasteiger partial charge in [-0.3, -0.25) is 0 Å². The molecule has 2 aromatic rings. The number of nitrogens with one attached hydrogen (secondary N) is 1. The van der Waals surface area contributed by atoms with Crippen LogP contribution in [0.2, 0.25) is 0 Å². The van der Waals surface area contributed by atoms with Gasteiger partial charge < -0.3 is 14.4 Å². The third-order valence-corrected chi connectivity index (χ3v) is 6.92. The molecule has 1 N–H and O–H groups in total. The van der Waals surface area contributed by atoms with Crippen molar-refractivity contribution in [3.63, 3.8) is 0 Å². The Morgan fingerprint density at radius 1 is 0.971 bits per heavy atom. The summed E-state index contributed by atoms with van der Waals surface area (Å²) in [6.45, 7) is 5.52. The summed E-state index contributed by atoms with van der Waals surface area (Å²) in [7, 11) is -4.22. The van der Waals surface area contributed by atoms with Crippen LogP contribution in [0, 0.1) is 5.82 Å². The van der Waals surface area contributed by atoms with Crippen molar-refractivity contribution < 1.29 is 40.2 Å². The number of rotatable bonds is 5. The minimum absolute atomic E-state index is 0.159. The molecule has 12 heteroatoms. The zero-order valence-electron chi connectivity index (χ0n) is 19.4. The van der Waals surface area contributed by atoms with Gasteiger partial charge >= 0.3 is 12.5 Å². The lowest BCUT2D eigenvalue weighted by Crippen LogP contribution is -2.54. The second-order valence-electron chi connectivity index (χ2n) is 9.18. The van der Waals surface area contributed by atoms with E-state index < -0.39 is 45.2 Å². The van der Waals surface area contributed by atoms with Gasteiger partial charge in [0.2, 0.25) is 10.0 Å². The number of carbonyl (C=O) groups excluding carboxylic acids is 1. The van der Waals surface area contributed by atoms with Crippen LogP contribution in [-0.4, -0.2) is 44.5 Å². The van der Waals surface area contributed by atoms with E-state index >= 15 is 0 Å². The normalized spacial score (nSPS) is 16.6.